The molecule has 0 spiro atoms. The fourth-order valence-corrected chi connectivity index (χ4v) is 3.88. The number of carbonyl (C=O) groups is 1. The van der Waals surface area contributed by atoms with E-state index < -0.39 is 0 Å². The van der Waals surface area contributed by atoms with Crippen LogP contribution in [0, 0.1) is 13.8 Å². The number of hydrogen-bond donors (Lipinski definition) is 1. The lowest BCUT2D eigenvalue weighted by Crippen LogP contribution is -2.42. The van der Waals surface area contributed by atoms with Gasteiger partial charge in [-0.25, -0.2) is 4.79 Å². The van der Waals surface area contributed by atoms with Gasteiger partial charge in [0.1, 0.15) is 0 Å². The molecule has 1 N–H and O–H groups in total. The van der Waals surface area contributed by atoms with E-state index in [4.69, 9.17) is 0 Å². The lowest BCUT2D eigenvalue weighted by molar-refractivity contribution is 0.192. The molecule has 1 heterocycles. The van der Waals surface area contributed by atoms with Gasteiger partial charge in [0.15, 0.2) is 0 Å². The van der Waals surface area contributed by atoms with Gasteiger partial charge in [0.05, 0.1) is 12.2 Å². The lowest BCUT2D eigenvalue weighted by atomic mass is 10.2. The normalized spacial score (nSPS) is 13.7. The molecular formula is C20H28N4OS. The van der Waals surface area contributed by atoms with E-state index in [1.165, 1.54) is 11.1 Å². The van der Waals surface area contributed by atoms with Crippen molar-refractivity contribution in [3.8, 4) is 0 Å². The van der Waals surface area contributed by atoms with Crippen molar-refractivity contribution in [2.45, 2.75) is 45.0 Å². The van der Waals surface area contributed by atoms with E-state index >= 15 is 0 Å². The molecule has 0 saturated heterocycles. The van der Waals surface area contributed by atoms with Crippen molar-refractivity contribution < 1.29 is 4.79 Å². The third kappa shape index (κ3) is 4.81. The minimum absolute atomic E-state index is 0.0514. The molecule has 6 heteroatoms. The Morgan fingerprint density at radius 2 is 2.04 bits per heavy atom. The third-order valence-electron chi connectivity index (χ3n) is 4.87. The molecule has 1 saturated carbocycles. The third-order valence-corrected chi connectivity index (χ3v) is 5.90. The zero-order chi connectivity index (χ0) is 18.5. The van der Waals surface area contributed by atoms with E-state index in [9.17, 15) is 4.79 Å². The van der Waals surface area contributed by atoms with Gasteiger partial charge in [0.25, 0.3) is 0 Å². The Morgan fingerprint density at radius 3 is 2.65 bits per heavy atom. The first-order chi connectivity index (χ1) is 12.6. The maximum absolute atomic E-state index is 12.7. The van der Waals surface area contributed by atoms with Gasteiger partial charge < -0.3 is 10.2 Å². The molecule has 26 heavy (non-hydrogen) atoms. The molecular weight excluding hydrogens is 344 g/mol. The Bertz CT molecular complexity index is 740. The topological polar surface area (TPSA) is 50.2 Å². The van der Waals surface area contributed by atoms with Gasteiger partial charge >= 0.3 is 6.03 Å². The van der Waals surface area contributed by atoms with Crippen LogP contribution >= 0.6 is 11.8 Å². The first-order valence-electron chi connectivity index (χ1n) is 9.21. The number of hydrogen-bond acceptors (Lipinski definition) is 3. The van der Waals surface area contributed by atoms with Gasteiger partial charge in [-0.15, -0.1) is 0 Å². The molecule has 5 nitrogen and oxygen atoms in total. The summed E-state index contributed by atoms with van der Waals surface area (Å²) >= 11 is 1.85. The van der Waals surface area contributed by atoms with Crippen LogP contribution in [-0.2, 0) is 19.3 Å². The average molecular weight is 373 g/mol. The highest BCUT2D eigenvalue weighted by atomic mass is 32.2. The molecule has 3 rings (SSSR count). The number of benzene rings is 1. The quantitative estimate of drug-likeness (QED) is 0.720. The Hall–Kier alpha value is -1.95. The molecule has 0 atom stereocenters. The van der Waals surface area contributed by atoms with Crippen LogP contribution in [0.1, 0.15) is 35.4 Å². The largest absolute Gasteiger partial charge is 0.337 e. The van der Waals surface area contributed by atoms with Crippen LogP contribution in [0.4, 0.5) is 4.79 Å². The number of nitrogens with zero attached hydrogens (tertiary/aromatic N) is 3. The second-order valence-electron chi connectivity index (χ2n) is 6.90. The van der Waals surface area contributed by atoms with Gasteiger partial charge in [0, 0.05) is 42.4 Å². The summed E-state index contributed by atoms with van der Waals surface area (Å²) in [5.74, 6) is 1.90. The molecule has 1 aromatic heterocycles. The van der Waals surface area contributed by atoms with E-state index in [0.717, 1.165) is 35.7 Å². The van der Waals surface area contributed by atoms with Crippen LogP contribution in [0.3, 0.4) is 0 Å². The van der Waals surface area contributed by atoms with Crippen LogP contribution in [0.15, 0.2) is 30.3 Å². The number of urea groups is 1. The van der Waals surface area contributed by atoms with E-state index in [1.807, 2.05) is 41.4 Å². The van der Waals surface area contributed by atoms with Crippen molar-refractivity contribution in [1.29, 1.82) is 0 Å². The number of thioether (sulfide) groups is 1. The number of aromatic nitrogens is 2. The second kappa shape index (κ2) is 8.62. The highest BCUT2D eigenvalue weighted by Crippen LogP contribution is 2.29. The van der Waals surface area contributed by atoms with Crippen LogP contribution < -0.4 is 5.32 Å². The van der Waals surface area contributed by atoms with Crippen molar-refractivity contribution in [2.24, 2.45) is 7.05 Å². The van der Waals surface area contributed by atoms with Crippen molar-refractivity contribution in [2.75, 3.05) is 12.3 Å². The molecule has 0 bridgehead atoms. The van der Waals surface area contributed by atoms with Gasteiger partial charge in [-0.1, -0.05) is 30.3 Å². The van der Waals surface area contributed by atoms with Crippen molar-refractivity contribution >= 4 is 17.8 Å². The molecule has 0 radical (unpaired) electrons. The van der Waals surface area contributed by atoms with E-state index in [-0.39, 0.29) is 6.03 Å². The molecule has 2 aromatic rings. The molecule has 0 aliphatic heterocycles. The first kappa shape index (κ1) is 18.8. The number of nitrogens with one attached hydrogen (secondary N) is 1. The molecule has 2 amide bonds. The fourth-order valence-electron chi connectivity index (χ4n) is 3.07. The van der Waals surface area contributed by atoms with Crippen LogP contribution in [0.5, 0.6) is 0 Å². The Balaban J connectivity index is 1.47. The molecule has 1 aromatic carbocycles. The smallest absolute Gasteiger partial charge is 0.317 e. The summed E-state index contributed by atoms with van der Waals surface area (Å²) in [5.41, 5.74) is 4.65. The predicted octanol–water partition coefficient (Wildman–Crippen LogP) is 3.64. The summed E-state index contributed by atoms with van der Waals surface area (Å²) in [6.07, 6.45) is 2.21. The maximum atomic E-state index is 12.7. The van der Waals surface area contributed by atoms with Gasteiger partial charge in [-0.2, -0.15) is 16.9 Å². The number of aryl methyl sites for hydroxylation is 2. The van der Waals surface area contributed by atoms with Crippen LogP contribution in [-0.4, -0.2) is 39.1 Å². The zero-order valence-electron chi connectivity index (χ0n) is 15.9. The first-order valence-corrected chi connectivity index (χ1v) is 10.4. The molecule has 140 valence electrons. The zero-order valence-corrected chi connectivity index (χ0v) is 16.7. The maximum Gasteiger partial charge on any atom is 0.317 e. The van der Waals surface area contributed by atoms with Crippen molar-refractivity contribution in [3.63, 3.8) is 0 Å². The molecule has 1 fully saturated rings. The number of amides is 2. The fraction of sp³-hybridized carbons (Fsp3) is 0.500. The summed E-state index contributed by atoms with van der Waals surface area (Å²) in [7, 11) is 1.96. The number of rotatable bonds is 8. The summed E-state index contributed by atoms with van der Waals surface area (Å²) in [5, 5.41) is 7.57. The van der Waals surface area contributed by atoms with Crippen molar-refractivity contribution in [3.05, 3.63) is 52.8 Å². The molecule has 1 aliphatic rings. The van der Waals surface area contributed by atoms with E-state index in [1.54, 1.807) is 0 Å². The van der Waals surface area contributed by atoms with E-state index in [2.05, 4.69) is 41.6 Å². The highest BCUT2D eigenvalue weighted by Gasteiger charge is 2.33. The SMILES string of the molecule is Cc1nn(C)c(C)c1CN(C(=O)NCCSCc1ccccc1)C1CC1. The molecule has 1 aliphatic carbocycles. The standard InChI is InChI=1S/C20H28N4OS/c1-15-19(16(2)23(3)22-15)13-24(18-9-10-18)20(25)21-11-12-26-14-17-7-5-4-6-8-17/h4-8,18H,9-14H2,1-3H3,(H,21,25). The monoisotopic (exact) mass is 372 g/mol. The summed E-state index contributed by atoms with van der Waals surface area (Å²) < 4.78 is 1.90. The predicted molar refractivity (Wildman–Crippen MR) is 107 cm³/mol. The average Bonchev–Trinajstić information content (AvgIpc) is 3.43. The van der Waals surface area contributed by atoms with Gasteiger partial charge in [0.2, 0.25) is 0 Å². The minimum atomic E-state index is 0.0514. The van der Waals surface area contributed by atoms with Gasteiger partial charge in [-0.05, 0) is 32.3 Å². The second-order valence-corrected chi connectivity index (χ2v) is 8.01. The van der Waals surface area contributed by atoms with Crippen LogP contribution in [0.2, 0.25) is 0 Å². The Kier molecular flexibility index (Phi) is 6.25. The van der Waals surface area contributed by atoms with Crippen molar-refractivity contribution in [1.82, 2.24) is 20.0 Å². The Morgan fingerprint density at radius 1 is 1.31 bits per heavy atom. The number of carbonyl (C=O) groups excluding carboxylic acids is 1. The molecule has 0 unspecified atom stereocenters. The minimum Gasteiger partial charge on any atom is -0.337 e. The van der Waals surface area contributed by atoms with Gasteiger partial charge in [-0.3, -0.25) is 4.68 Å². The highest BCUT2D eigenvalue weighted by molar-refractivity contribution is 7.98. The Labute approximate surface area is 160 Å². The lowest BCUT2D eigenvalue weighted by Gasteiger charge is -2.23. The summed E-state index contributed by atoms with van der Waals surface area (Å²) in [6, 6.07) is 10.9. The summed E-state index contributed by atoms with van der Waals surface area (Å²) in [6.45, 7) is 5.44. The van der Waals surface area contributed by atoms with Crippen LogP contribution in [0.25, 0.3) is 0 Å². The summed E-state index contributed by atoms with van der Waals surface area (Å²) in [4.78, 5) is 14.7. The van der Waals surface area contributed by atoms with E-state index in [0.29, 0.717) is 19.1 Å².